The predicted molar refractivity (Wildman–Crippen MR) is 155 cm³/mol. The normalized spacial score (nSPS) is 15.9. The van der Waals surface area contributed by atoms with E-state index in [0.717, 1.165) is 11.1 Å². The van der Waals surface area contributed by atoms with E-state index in [1.54, 1.807) is 19.2 Å². The van der Waals surface area contributed by atoms with Crippen molar-refractivity contribution in [2.24, 2.45) is 11.8 Å². The van der Waals surface area contributed by atoms with Crippen LogP contribution < -0.4 is 20.7 Å². The van der Waals surface area contributed by atoms with E-state index < -0.39 is 12.1 Å². The number of rotatable bonds is 14. The molecule has 0 fully saturated rings. The Morgan fingerprint density at radius 1 is 0.900 bits per heavy atom. The maximum atomic E-state index is 13.4. The highest BCUT2D eigenvalue weighted by Crippen LogP contribution is 2.37. The predicted octanol–water partition coefficient (Wildman–Crippen LogP) is 4.18. The maximum Gasteiger partial charge on any atom is 0.243 e. The van der Waals surface area contributed by atoms with Crippen molar-refractivity contribution in [3.8, 4) is 5.75 Å². The van der Waals surface area contributed by atoms with Crippen molar-refractivity contribution in [2.45, 2.75) is 77.8 Å². The van der Waals surface area contributed by atoms with Gasteiger partial charge in [0.15, 0.2) is 5.78 Å². The molecule has 3 amide bonds. The van der Waals surface area contributed by atoms with Crippen LogP contribution in [0.4, 0.5) is 0 Å². The number of amides is 3. The second-order valence-corrected chi connectivity index (χ2v) is 11.4. The second kappa shape index (κ2) is 14.6. The molecule has 2 aromatic rings. The molecule has 8 nitrogen and oxygen atoms in total. The second-order valence-electron chi connectivity index (χ2n) is 11.4. The molecule has 1 unspecified atom stereocenters. The van der Waals surface area contributed by atoms with Crippen molar-refractivity contribution in [1.82, 2.24) is 16.0 Å². The fraction of sp³-hybridized carbons (Fsp3) is 0.500. The third-order valence-electron chi connectivity index (χ3n) is 7.12. The largest absolute Gasteiger partial charge is 0.497 e. The van der Waals surface area contributed by atoms with E-state index in [9.17, 15) is 19.2 Å². The molecule has 2 aromatic carbocycles. The van der Waals surface area contributed by atoms with Crippen LogP contribution in [-0.4, -0.2) is 49.2 Å². The lowest BCUT2D eigenvalue weighted by atomic mass is 9.96. The zero-order valence-corrected chi connectivity index (χ0v) is 24.3. The van der Waals surface area contributed by atoms with Gasteiger partial charge in [-0.25, -0.2) is 0 Å². The summed E-state index contributed by atoms with van der Waals surface area (Å²) in [5.41, 5.74) is 2.54. The molecule has 0 aliphatic heterocycles. The number of carbonyl (C=O) groups excluding carboxylic acids is 4. The molecule has 3 rings (SSSR count). The van der Waals surface area contributed by atoms with Gasteiger partial charge in [-0.15, -0.1) is 0 Å². The van der Waals surface area contributed by atoms with Crippen molar-refractivity contribution in [3.63, 3.8) is 0 Å². The van der Waals surface area contributed by atoms with Gasteiger partial charge in [-0.1, -0.05) is 58.0 Å². The number of fused-ring (bicyclic) bond motifs is 1. The minimum Gasteiger partial charge on any atom is -0.497 e. The van der Waals surface area contributed by atoms with Crippen LogP contribution in [0.15, 0.2) is 48.5 Å². The van der Waals surface area contributed by atoms with E-state index in [1.807, 2.05) is 64.1 Å². The molecule has 216 valence electrons. The lowest BCUT2D eigenvalue weighted by Crippen LogP contribution is -2.54. The Bertz CT molecular complexity index is 1180. The summed E-state index contributed by atoms with van der Waals surface area (Å²) >= 11 is 0. The van der Waals surface area contributed by atoms with Gasteiger partial charge < -0.3 is 20.7 Å². The van der Waals surface area contributed by atoms with Crippen LogP contribution in [0.1, 0.15) is 80.8 Å². The number of hydrogen-bond donors (Lipinski definition) is 3. The van der Waals surface area contributed by atoms with E-state index in [2.05, 4.69) is 16.0 Å². The van der Waals surface area contributed by atoms with Gasteiger partial charge in [0.2, 0.25) is 17.7 Å². The van der Waals surface area contributed by atoms with Gasteiger partial charge in [-0.3, -0.25) is 19.2 Å². The fourth-order valence-corrected chi connectivity index (χ4v) is 5.14. The van der Waals surface area contributed by atoms with E-state index in [1.165, 1.54) is 0 Å². The molecule has 0 bridgehead atoms. The van der Waals surface area contributed by atoms with Crippen LogP contribution in [0.25, 0.3) is 0 Å². The zero-order chi connectivity index (χ0) is 29.2. The van der Waals surface area contributed by atoms with Gasteiger partial charge in [0.1, 0.15) is 17.8 Å². The van der Waals surface area contributed by atoms with Crippen LogP contribution >= 0.6 is 0 Å². The molecule has 3 atom stereocenters. The van der Waals surface area contributed by atoms with Gasteiger partial charge in [0.05, 0.1) is 7.11 Å². The average Bonchev–Trinajstić information content (AvgIpc) is 3.21. The van der Waals surface area contributed by atoms with E-state index in [0.29, 0.717) is 37.1 Å². The Morgan fingerprint density at radius 2 is 1.55 bits per heavy atom. The molecule has 0 saturated carbocycles. The van der Waals surface area contributed by atoms with Crippen molar-refractivity contribution in [2.75, 3.05) is 13.7 Å². The molecule has 40 heavy (non-hydrogen) atoms. The molecule has 0 radical (unpaired) electrons. The summed E-state index contributed by atoms with van der Waals surface area (Å²) in [5.74, 6) is -0.238. The Kier molecular flexibility index (Phi) is 11.3. The lowest BCUT2D eigenvalue weighted by molar-refractivity contribution is -0.132. The lowest BCUT2D eigenvalue weighted by Gasteiger charge is -2.25. The van der Waals surface area contributed by atoms with Crippen LogP contribution in [0.3, 0.4) is 0 Å². The van der Waals surface area contributed by atoms with Crippen LogP contribution in [-0.2, 0) is 20.8 Å². The van der Waals surface area contributed by atoms with E-state index in [4.69, 9.17) is 4.74 Å². The Hall–Kier alpha value is -3.68. The summed E-state index contributed by atoms with van der Waals surface area (Å²) in [5, 5.41) is 8.74. The third kappa shape index (κ3) is 8.93. The molecule has 3 N–H and O–H groups in total. The third-order valence-corrected chi connectivity index (χ3v) is 7.12. The van der Waals surface area contributed by atoms with E-state index in [-0.39, 0.29) is 54.1 Å². The quantitative estimate of drug-likeness (QED) is 0.327. The van der Waals surface area contributed by atoms with Gasteiger partial charge in [0, 0.05) is 30.9 Å². The minimum atomic E-state index is -0.791. The molecule has 1 aliphatic rings. The molecule has 0 aromatic heterocycles. The topological polar surface area (TPSA) is 114 Å². The SMILES string of the molecule is COc1ccc2c(c1)C(CC(=O)N[C@@H](CC(C)C)C(=O)N[C@H](CC(C)C)C(=O)NCCc1ccccc1)CC2=O. The first-order valence-corrected chi connectivity index (χ1v) is 14.2. The maximum absolute atomic E-state index is 13.4. The number of hydrogen-bond acceptors (Lipinski definition) is 5. The number of nitrogens with one attached hydrogen (secondary N) is 3. The Morgan fingerprint density at radius 3 is 2.17 bits per heavy atom. The monoisotopic (exact) mass is 549 g/mol. The summed E-state index contributed by atoms with van der Waals surface area (Å²) < 4.78 is 5.30. The summed E-state index contributed by atoms with van der Waals surface area (Å²) in [6.07, 6.45) is 1.93. The molecular formula is C32H43N3O5. The molecule has 0 saturated heterocycles. The van der Waals surface area contributed by atoms with Crippen molar-refractivity contribution < 1.29 is 23.9 Å². The highest BCUT2D eigenvalue weighted by atomic mass is 16.5. The molecule has 0 spiro atoms. The van der Waals surface area contributed by atoms with Crippen molar-refractivity contribution in [1.29, 1.82) is 0 Å². The number of ketones is 1. The number of benzene rings is 2. The van der Waals surface area contributed by atoms with Gasteiger partial charge in [-0.2, -0.15) is 0 Å². The highest BCUT2D eigenvalue weighted by molar-refractivity contribution is 6.02. The average molecular weight is 550 g/mol. The number of Topliss-reactive ketones (excluding diaryl/α,β-unsaturated/α-hetero) is 1. The fourth-order valence-electron chi connectivity index (χ4n) is 5.14. The van der Waals surface area contributed by atoms with Gasteiger partial charge in [-0.05, 0) is 60.4 Å². The van der Waals surface area contributed by atoms with Gasteiger partial charge >= 0.3 is 0 Å². The van der Waals surface area contributed by atoms with Crippen molar-refractivity contribution >= 4 is 23.5 Å². The number of methoxy groups -OCH3 is 1. The standard InChI is InChI=1S/C32H43N3O5/c1-20(2)15-27(31(38)33-14-13-22-9-7-6-8-10-22)35-32(39)28(16-21(3)4)34-30(37)18-23-17-29(36)25-12-11-24(40-5)19-26(23)25/h6-12,19-21,23,27-28H,13-18H2,1-5H3,(H,33,38)(H,34,37)(H,35,39)/t23?,27-,28+/m1/s1. The minimum absolute atomic E-state index is 0.00160. The molecule has 8 heteroatoms. The summed E-state index contributed by atoms with van der Waals surface area (Å²) in [4.78, 5) is 52.1. The smallest absolute Gasteiger partial charge is 0.243 e. The molecule has 1 aliphatic carbocycles. The first-order chi connectivity index (χ1) is 19.1. The highest BCUT2D eigenvalue weighted by Gasteiger charge is 2.33. The van der Waals surface area contributed by atoms with Gasteiger partial charge in [0.25, 0.3) is 0 Å². The first-order valence-electron chi connectivity index (χ1n) is 14.2. The summed E-state index contributed by atoms with van der Waals surface area (Å²) in [6.45, 7) is 8.42. The number of carbonyl (C=O) groups is 4. The Balaban J connectivity index is 1.63. The Labute approximate surface area is 237 Å². The van der Waals surface area contributed by atoms with Crippen LogP contribution in [0.2, 0.25) is 0 Å². The molecular weight excluding hydrogens is 506 g/mol. The van der Waals surface area contributed by atoms with Crippen molar-refractivity contribution in [3.05, 3.63) is 65.2 Å². The number of ether oxygens (including phenoxy) is 1. The van der Waals surface area contributed by atoms with Crippen LogP contribution in [0, 0.1) is 11.8 Å². The van der Waals surface area contributed by atoms with E-state index >= 15 is 0 Å². The summed E-state index contributed by atoms with van der Waals surface area (Å²) in [6, 6.07) is 13.7. The molecule has 0 heterocycles. The van der Waals surface area contributed by atoms with Crippen LogP contribution in [0.5, 0.6) is 5.75 Å². The summed E-state index contributed by atoms with van der Waals surface area (Å²) in [7, 11) is 1.56. The zero-order valence-electron chi connectivity index (χ0n) is 24.3. The first kappa shape index (κ1) is 30.9.